The minimum atomic E-state index is 0.0150. The van der Waals surface area contributed by atoms with Crippen molar-refractivity contribution >= 4 is 11.7 Å². The average Bonchev–Trinajstić information content (AvgIpc) is 3.04. The maximum atomic E-state index is 12.5. The van der Waals surface area contributed by atoms with E-state index in [0.717, 1.165) is 44.2 Å². The van der Waals surface area contributed by atoms with Crippen LogP contribution in [0.25, 0.3) is 0 Å². The highest BCUT2D eigenvalue weighted by Crippen LogP contribution is 2.17. The molecule has 1 aromatic carbocycles. The van der Waals surface area contributed by atoms with Crippen LogP contribution >= 0.6 is 0 Å². The standard InChI is InChI=1S/C19H24N4O/c1-2-3-11-23-15-17(14-18(24)16-7-5-4-6-8-16)21-19(23)22-12-9-20-10-13-22/h4-8,17,20H,9-15H2,1H3. The summed E-state index contributed by atoms with van der Waals surface area (Å²) in [4.78, 5) is 21.8. The maximum Gasteiger partial charge on any atom is 0.197 e. The van der Waals surface area contributed by atoms with Crippen LogP contribution < -0.4 is 5.32 Å². The van der Waals surface area contributed by atoms with E-state index in [-0.39, 0.29) is 11.8 Å². The number of Topliss-reactive ketones (excluding diaryl/α,β-unsaturated/α-hetero) is 1. The third kappa shape index (κ3) is 3.95. The van der Waals surface area contributed by atoms with E-state index >= 15 is 0 Å². The van der Waals surface area contributed by atoms with Gasteiger partial charge in [-0.15, -0.1) is 5.92 Å². The molecule has 0 saturated carbocycles. The van der Waals surface area contributed by atoms with Crippen molar-refractivity contribution in [2.75, 3.05) is 39.3 Å². The van der Waals surface area contributed by atoms with E-state index in [1.165, 1.54) is 0 Å². The lowest BCUT2D eigenvalue weighted by atomic mass is 10.0. The van der Waals surface area contributed by atoms with Crippen LogP contribution in [-0.4, -0.2) is 66.9 Å². The molecule has 5 nitrogen and oxygen atoms in total. The molecule has 24 heavy (non-hydrogen) atoms. The Hall–Kier alpha value is -2.32. The summed E-state index contributed by atoms with van der Waals surface area (Å²) in [5, 5.41) is 3.36. The van der Waals surface area contributed by atoms with Crippen LogP contribution in [0.4, 0.5) is 0 Å². The third-order valence-corrected chi connectivity index (χ3v) is 4.38. The Bertz CT molecular complexity index is 653. The number of carbonyl (C=O) groups excluding carboxylic acids is 1. The van der Waals surface area contributed by atoms with Gasteiger partial charge >= 0.3 is 0 Å². The van der Waals surface area contributed by atoms with Crippen LogP contribution in [0.2, 0.25) is 0 Å². The molecule has 0 aromatic heterocycles. The van der Waals surface area contributed by atoms with Crippen LogP contribution in [0, 0.1) is 11.8 Å². The molecule has 1 saturated heterocycles. The summed E-state index contributed by atoms with van der Waals surface area (Å²) >= 11 is 0. The van der Waals surface area contributed by atoms with E-state index in [1.54, 1.807) is 0 Å². The van der Waals surface area contributed by atoms with Crippen LogP contribution in [0.15, 0.2) is 35.3 Å². The van der Waals surface area contributed by atoms with E-state index in [4.69, 9.17) is 4.99 Å². The fourth-order valence-corrected chi connectivity index (χ4v) is 3.14. The second-order valence-corrected chi connectivity index (χ2v) is 6.12. The molecule has 1 fully saturated rings. The Balaban J connectivity index is 1.70. The Labute approximate surface area is 143 Å². The first-order valence-corrected chi connectivity index (χ1v) is 8.54. The maximum absolute atomic E-state index is 12.5. The number of rotatable bonds is 4. The zero-order chi connectivity index (χ0) is 16.8. The minimum absolute atomic E-state index is 0.0150. The number of aliphatic imine (C=N–C) groups is 1. The summed E-state index contributed by atoms with van der Waals surface area (Å²) in [5.41, 5.74) is 0.767. The van der Waals surface area contributed by atoms with Crippen LogP contribution in [-0.2, 0) is 0 Å². The van der Waals surface area contributed by atoms with Crippen molar-refractivity contribution in [2.45, 2.75) is 19.4 Å². The molecule has 5 heteroatoms. The predicted octanol–water partition coefficient (Wildman–Crippen LogP) is 1.23. The van der Waals surface area contributed by atoms with Gasteiger partial charge in [0.15, 0.2) is 11.7 Å². The Kier molecular flexibility index (Phi) is 5.50. The van der Waals surface area contributed by atoms with Crippen molar-refractivity contribution in [1.29, 1.82) is 0 Å². The van der Waals surface area contributed by atoms with Gasteiger partial charge in [-0.25, -0.2) is 4.99 Å². The number of ketones is 1. The highest BCUT2D eigenvalue weighted by Gasteiger charge is 2.30. The highest BCUT2D eigenvalue weighted by molar-refractivity contribution is 5.97. The first kappa shape index (κ1) is 16.5. The lowest BCUT2D eigenvalue weighted by Gasteiger charge is -2.33. The molecule has 2 aliphatic rings. The zero-order valence-electron chi connectivity index (χ0n) is 14.2. The van der Waals surface area contributed by atoms with E-state index < -0.39 is 0 Å². The van der Waals surface area contributed by atoms with Crippen LogP contribution in [0.5, 0.6) is 0 Å². The first-order valence-electron chi connectivity index (χ1n) is 8.54. The molecule has 2 heterocycles. The van der Waals surface area contributed by atoms with Crippen LogP contribution in [0.3, 0.4) is 0 Å². The molecule has 0 aliphatic carbocycles. The molecule has 2 aliphatic heterocycles. The summed E-state index contributed by atoms with van der Waals surface area (Å²) in [6.07, 6.45) is 0.454. The van der Waals surface area contributed by atoms with Gasteiger partial charge < -0.3 is 15.1 Å². The largest absolute Gasteiger partial charge is 0.340 e. The highest BCUT2D eigenvalue weighted by atomic mass is 16.1. The fourth-order valence-electron chi connectivity index (χ4n) is 3.14. The first-order chi connectivity index (χ1) is 11.8. The second-order valence-electron chi connectivity index (χ2n) is 6.12. The van der Waals surface area contributed by atoms with Gasteiger partial charge in [-0.05, 0) is 6.92 Å². The fraction of sp³-hybridized carbons (Fsp3) is 0.474. The molecule has 126 valence electrons. The van der Waals surface area contributed by atoms with Gasteiger partial charge in [0.05, 0.1) is 12.6 Å². The van der Waals surface area contributed by atoms with Gasteiger partial charge in [0, 0.05) is 44.7 Å². The number of guanidine groups is 1. The molecule has 1 aromatic rings. The molecule has 1 unspecified atom stereocenters. The van der Waals surface area contributed by atoms with Gasteiger partial charge in [-0.1, -0.05) is 36.3 Å². The Morgan fingerprint density at radius 3 is 2.75 bits per heavy atom. The lowest BCUT2D eigenvalue weighted by Crippen LogP contribution is -2.51. The molecule has 1 N–H and O–H groups in total. The minimum Gasteiger partial charge on any atom is -0.340 e. The number of piperazine rings is 1. The molecular formula is C19H24N4O. The van der Waals surface area contributed by atoms with Gasteiger partial charge in [0.25, 0.3) is 0 Å². The molecule has 0 radical (unpaired) electrons. The normalized spacial score (nSPS) is 20.4. The number of nitrogens with one attached hydrogen (secondary N) is 1. The molecule has 0 amide bonds. The van der Waals surface area contributed by atoms with Crippen molar-refractivity contribution in [1.82, 2.24) is 15.1 Å². The van der Waals surface area contributed by atoms with Crippen molar-refractivity contribution in [3.63, 3.8) is 0 Å². The number of carbonyl (C=O) groups is 1. The third-order valence-electron chi connectivity index (χ3n) is 4.38. The quantitative estimate of drug-likeness (QED) is 0.668. The number of nitrogens with zero attached hydrogens (tertiary/aromatic N) is 3. The molecule has 1 atom stereocenters. The molecule has 3 rings (SSSR count). The Morgan fingerprint density at radius 1 is 1.29 bits per heavy atom. The molecule has 0 spiro atoms. The molecular weight excluding hydrogens is 300 g/mol. The van der Waals surface area contributed by atoms with Gasteiger partial charge in [0.2, 0.25) is 0 Å². The zero-order valence-corrected chi connectivity index (χ0v) is 14.2. The number of hydrogen-bond acceptors (Lipinski definition) is 5. The Morgan fingerprint density at radius 2 is 2.04 bits per heavy atom. The summed E-state index contributed by atoms with van der Waals surface area (Å²) in [5.74, 6) is 7.25. The van der Waals surface area contributed by atoms with E-state index in [0.29, 0.717) is 13.0 Å². The topological polar surface area (TPSA) is 47.9 Å². The van der Waals surface area contributed by atoms with E-state index in [1.807, 2.05) is 37.3 Å². The van der Waals surface area contributed by atoms with Crippen molar-refractivity contribution in [3.8, 4) is 11.8 Å². The summed E-state index contributed by atoms with van der Waals surface area (Å²) < 4.78 is 0. The number of hydrogen-bond donors (Lipinski definition) is 1. The number of benzene rings is 1. The summed E-state index contributed by atoms with van der Waals surface area (Å²) in [6.45, 7) is 7.15. The van der Waals surface area contributed by atoms with Crippen LogP contribution in [0.1, 0.15) is 23.7 Å². The second kappa shape index (κ2) is 7.98. The monoisotopic (exact) mass is 324 g/mol. The smallest absolute Gasteiger partial charge is 0.197 e. The average molecular weight is 324 g/mol. The summed E-state index contributed by atoms with van der Waals surface area (Å²) in [6, 6.07) is 9.50. The summed E-state index contributed by atoms with van der Waals surface area (Å²) in [7, 11) is 0. The van der Waals surface area contributed by atoms with E-state index in [2.05, 4.69) is 27.0 Å². The van der Waals surface area contributed by atoms with Crippen molar-refractivity contribution in [2.24, 2.45) is 4.99 Å². The van der Waals surface area contributed by atoms with Crippen molar-refractivity contribution in [3.05, 3.63) is 35.9 Å². The van der Waals surface area contributed by atoms with Gasteiger partial charge in [-0.2, -0.15) is 0 Å². The van der Waals surface area contributed by atoms with E-state index in [9.17, 15) is 4.79 Å². The SMILES string of the molecule is CC#CCN1CC(CC(=O)c2ccccc2)N=C1N1CCNCC1. The van der Waals surface area contributed by atoms with Gasteiger partial charge in [-0.3, -0.25) is 4.79 Å². The lowest BCUT2D eigenvalue weighted by molar-refractivity contribution is 0.0974. The van der Waals surface area contributed by atoms with Crippen molar-refractivity contribution < 1.29 is 4.79 Å². The van der Waals surface area contributed by atoms with Gasteiger partial charge in [0.1, 0.15) is 0 Å². The predicted molar refractivity (Wildman–Crippen MR) is 96.1 cm³/mol. The molecule has 0 bridgehead atoms.